The molecule has 1 aromatic carbocycles. The van der Waals surface area contributed by atoms with Gasteiger partial charge in [0.15, 0.2) is 0 Å². The summed E-state index contributed by atoms with van der Waals surface area (Å²) in [6.07, 6.45) is 5.54. The number of benzene rings is 1. The van der Waals surface area contributed by atoms with Gasteiger partial charge in [0, 0.05) is 13.1 Å². The smallest absolute Gasteiger partial charge is 0.275 e. The molecule has 0 spiro atoms. The van der Waals surface area contributed by atoms with Crippen molar-refractivity contribution in [1.29, 1.82) is 0 Å². The van der Waals surface area contributed by atoms with Gasteiger partial charge in [0.2, 0.25) is 0 Å². The van der Waals surface area contributed by atoms with Crippen molar-refractivity contribution in [3.05, 3.63) is 41.9 Å². The third kappa shape index (κ3) is 4.07. The minimum Gasteiger partial charge on any atom is -0.495 e. The molecule has 0 atom stereocenters. The van der Waals surface area contributed by atoms with Crippen LogP contribution in [0.2, 0.25) is 0 Å². The number of rotatable bonds is 4. The Kier molecular flexibility index (Phi) is 5.16. The zero-order valence-corrected chi connectivity index (χ0v) is 15.0. The number of ether oxygens (including phenoxy) is 1. The second-order valence-electron chi connectivity index (χ2n) is 6.59. The first-order valence-electron chi connectivity index (χ1n) is 8.60. The van der Waals surface area contributed by atoms with Crippen molar-refractivity contribution >= 4 is 17.4 Å². The maximum atomic E-state index is 12.4. The van der Waals surface area contributed by atoms with Crippen LogP contribution in [0.1, 0.15) is 35.8 Å². The van der Waals surface area contributed by atoms with Crippen LogP contribution in [-0.4, -0.2) is 36.1 Å². The Morgan fingerprint density at radius 1 is 1.24 bits per heavy atom. The number of piperidine rings is 1. The van der Waals surface area contributed by atoms with Gasteiger partial charge in [-0.15, -0.1) is 0 Å². The van der Waals surface area contributed by atoms with Crippen molar-refractivity contribution < 1.29 is 9.53 Å². The van der Waals surface area contributed by atoms with Gasteiger partial charge in [0.25, 0.3) is 5.91 Å². The molecule has 0 radical (unpaired) electrons. The first-order valence-corrected chi connectivity index (χ1v) is 8.60. The first-order chi connectivity index (χ1) is 12.1. The number of hydrogen-bond donors (Lipinski definition) is 1. The highest BCUT2D eigenvalue weighted by Crippen LogP contribution is 2.26. The lowest BCUT2D eigenvalue weighted by Crippen LogP contribution is -2.33. The second kappa shape index (κ2) is 7.51. The van der Waals surface area contributed by atoms with E-state index in [2.05, 4.69) is 27.1 Å². The summed E-state index contributed by atoms with van der Waals surface area (Å²) in [6.45, 7) is 6.21. The van der Waals surface area contributed by atoms with E-state index in [4.69, 9.17) is 4.74 Å². The number of anilines is 2. The number of carbonyl (C=O) groups is 1. The molecule has 25 heavy (non-hydrogen) atoms. The molecule has 6 heteroatoms. The number of amides is 1. The van der Waals surface area contributed by atoms with Gasteiger partial charge in [0.05, 0.1) is 25.2 Å². The summed E-state index contributed by atoms with van der Waals surface area (Å²) < 4.78 is 5.29. The van der Waals surface area contributed by atoms with Gasteiger partial charge in [0.1, 0.15) is 17.3 Å². The van der Waals surface area contributed by atoms with Crippen molar-refractivity contribution in [3.8, 4) is 5.75 Å². The average Bonchev–Trinajstić information content (AvgIpc) is 2.63. The highest BCUT2D eigenvalue weighted by Gasteiger charge is 2.18. The predicted octanol–water partition coefficient (Wildman–Crippen LogP) is 3.28. The average molecular weight is 340 g/mol. The molecular formula is C19H24N4O2. The largest absolute Gasteiger partial charge is 0.495 e. The first kappa shape index (κ1) is 17.2. The molecule has 1 aliphatic heterocycles. The van der Waals surface area contributed by atoms with Gasteiger partial charge in [-0.3, -0.25) is 4.79 Å². The third-order valence-electron chi connectivity index (χ3n) is 4.58. The summed E-state index contributed by atoms with van der Waals surface area (Å²) in [4.78, 5) is 23.4. The number of carbonyl (C=O) groups excluding carboxylic acids is 1. The number of aryl methyl sites for hydroxylation is 1. The summed E-state index contributed by atoms with van der Waals surface area (Å²) >= 11 is 0. The Morgan fingerprint density at radius 2 is 2.00 bits per heavy atom. The van der Waals surface area contributed by atoms with Gasteiger partial charge in [-0.2, -0.15) is 0 Å². The van der Waals surface area contributed by atoms with E-state index >= 15 is 0 Å². The number of nitrogens with one attached hydrogen (secondary N) is 1. The molecule has 1 N–H and O–H groups in total. The van der Waals surface area contributed by atoms with Crippen molar-refractivity contribution in [2.75, 3.05) is 30.4 Å². The highest BCUT2D eigenvalue weighted by molar-refractivity contribution is 6.03. The zero-order chi connectivity index (χ0) is 17.8. The maximum Gasteiger partial charge on any atom is 0.275 e. The van der Waals surface area contributed by atoms with E-state index in [1.54, 1.807) is 13.3 Å². The molecule has 1 saturated heterocycles. The second-order valence-corrected chi connectivity index (χ2v) is 6.59. The Morgan fingerprint density at radius 3 is 2.64 bits per heavy atom. The molecule has 0 aliphatic carbocycles. The molecule has 1 amide bonds. The normalized spacial score (nSPS) is 15.1. The Bertz CT molecular complexity index is 738. The zero-order valence-electron chi connectivity index (χ0n) is 15.0. The summed E-state index contributed by atoms with van der Waals surface area (Å²) in [5, 5.41) is 2.84. The van der Waals surface area contributed by atoms with E-state index < -0.39 is 0 Å². The Labute approximate surface area is 148 Å². The Hall–Kier alpha value is -2.63. The maximum absolute atomic E-state index is 12.4. The molecule has 2 heterocycles. The molecule has 1 aromatic heterocycles. The summed E-state index contributed by atoms with van der Waals surface area (Å²) in [6, 6.07) is 5.63. The van der Waals surface area contributed by atoms with Crippen LogP contribution in [0.15, 0.2) is 30.6 Å². The molecule has 3 rings (SSSR count). The van der Waals surface area contributed by atoms with Crippen LogP contribution in [0.25, 0.3) is 0 Å². The molecule has 6 nitrogen and oxygen atoms in total. The fraction of sp³-hybridized carbons (Fsp3) is 0.421. The number of aromatic nitrogens is 2. The quantitative estimate of drug-likeness (QED) is 0.925. The standard InChI is InChI=1S/C19H24N4O2/c1-13-6-8-23(9-7-13)18-12-20-16(11-21-18)19(24)22-15-10-14(2)4-5-17(15)25-3/h4-5,10-13H,6-9H2,1-3H3,(H,22,24). The lowest BCUT2D eigenvalue weighted by atomic mass is 9.99. The van der Waals surface area contributed by atoms with Crippen molar-refractivity contribution in [3.63, 3.8) is 0 Å². The van der Waals surface area contributed by atoms with E-state index in [0.717, 1.165) is 43.2 Å². The fourth-order valence-electron chi connectivity index (χ4n) is 2.95. The van der Waals surface area contributed by atoms with E-state index in [-0.39, 0.29) is 11.6 Å². The Balaban J connectivity index is 1.70. The molecule has 0 unspecified atom stereocenters. The molecule has 0 bridgehead atoms. The molecule has 0 saturated carbocycles. The van der Waals surface area contributed by atoms with Gasteiger partial charge in [-0.1, -0.05) is 13.0 Å². The van der Waals surface area contributed by atoms with Crippen LogP contribution in [0, 0.1) is 12.8 Å². The van der Waals surface area contributed by atoms with E-state index in [1.165, 1.54) is 6.20 Å². The number of hydrogen-bond acceptors (Lipinski definition) is 5. The van der Waals surface area contributed by atoms with Crippen LogP contribution in [-0.2, 0) is 0 Å². The SMILES string of the molecule is COc1ccc(C)cc1NC(=O)c1cnc(N2CCC(C)CC2)cn1. The fourth-order valence-corrected chi connectivity index (χ4v) is 2.95. The predicted molar refractivity (Wildman–Crippen MR) is 98.3 cm³/mol. The van der Waals surface area contributed by atoms with Gasteiger partial charge < -0.3 is 15.0 Å². The molecule has 1 fully saturated rings. The van der Waals surface area contributed by atoms with Crippen molar-refractivity contribution in [2.24, 2.45) is 5.92 Å². The lowest BCUT2D eigenvalue weighted by Gasteiger charge is -2.30. The van der Waals surface area contributed by atoms with E-state index in [9.17, 15) is 4.79 Å². The summed E-state index contributed by atoms with van der Waals surface area (Å²) in [5.74, 6) is 1.91. The van der Waals surface area contributed by atoms with Gasteiger partial charge in [-0.25, -0.2) is 9.97 Å². The molecule has 1 aliphatic rings. The van der Waals surface area contributed by atoms with Crippen LogP contribution in [0.4, 0.5) is 11.5 Å². The third-order valence-corrected chi connectivity index (χ3v) is 4.58. The highest BCUT2D eigenvalue weighted by atomic mass is 16.5. The van der Waals surface area contributed by atoms with Gasteiger partial charge in [-0.05, 0) is 43.4 Å². The number of methoxy groups -OCH3 is 1. The minimum absolute atomic E-state index is 0.290. The van der Waals surface area contributed by atoms with Crippen molar-refractivity contribution in [2.45, 2.75) is 26.7 Å². The van der Waals surface area contributed by atoms with E-state index in [1.807, 2.05) is 25.1 Å². The van der Waals surface area contributed by atoms with E-state index in [0.29, 0.717) is 11.4 Å². The molecule has 132 valence electrons. The number of nitrogens with zero attached hydrogens (tertiary/aromatic N) is 3. The van der Waals surface area contributed by atoms with Crippen LogP contribution < -0.4 is 15.0 Å². The monoisotopic (exact) mass is 340 g/mol. The summed E-state index contributed by atoms with van der Waals surface area (Å²) in [5.41, 5.74) is 1.96. The summed E-state index contributed by atoms with van der Waals surface area (Å²) in [7, 11) is 1.58. The molecule has 2 aromatic rings. The molecular weight excluding hydrogens is 316 g/mol. The van der Waals surface area contributed by atoms with Gasteiger partial charge >= 0.3 is 0 Å². The lowest BCUT2D eigenvalue weighted by molar-refractivity contribution is 0.102. The van der Waals surface area contributed by atoms with Crippen LogP contribution >= 0.6 is 0 Å². The van der Waals surface area contributed by atoms with Crippen molar-refractivity contribution in [1.82, 2.24) is 9.97 Å². The van der Waals surface area contributed by atoms with Crippen LogP contribution in [0.5, 0.6) is 5.75 Å². The topological polar surface area (TPSA) is 67.3 Å². The minimum atomic E-state index is -0.296. The van der Waals surface area contributed by atoms with Crippen LogP contribution in [0.3, 0.4) is 0 Å².